The van der Waals surface area contributed by atoms with Crippen LogP contribution in [0.3, 0.4) is 0 Å². The van der Waals surface area contributed by atoms with Gasteiger partial charge in [0.25, 0.3) is 5.91 Å². The van der Waals surface area contributed by atoms with Crippen LogP contribution in [-0.4, -0.2) is 12.5 Å². The molecule has 0 spiro atoms. The second-order valence-electron chi connectivity index (χ2n) is 6.84. The van der Waals surface area contributed by atoms with Crippen LogP contribution < -0.4 is 14.8 Å². The zero-order chi connectivity index (χ0) is 23.6. The minimum absolute atomic E-state index is 0.0209. The third kappa shape index (κ3) is 7.15. The van der Waals surface area contributed by atoms with Crippen LogP contribution >= 0.6 is 23.2 Å². The molecule has 0 bridgehead atoms. The Balaban J connectivity index is 1.59. The molecule has 3 aromatic carbocycles. The van der Waals surface area contributed by atoms with Crippen LogP contribution in [0.2, 0.25) is 10.0 Å². The summed E-state index contributed by atoms with van der Waals surface area (Å²) in [5.74, 6) is 0.774. The molecule has 166 valence electrons. The van der Waals surface area contributed by atoms with Gasteiger partial charge in [0.15, 0.2) is 0 Å². The molecule has 1 amide bonds. The maximum absolute atomic E-state index is 12.5. The van der Waals surface area contributed by atoms with Crippen molar-refractivity contribution < 1.29 is 14.3 Å². The Bertz CT molecular complexity index is 1200. The molecular weight excluding hydrogens is 459 g/mol. The summed E-state index contributed by atoms with van der Waals surface area (Å²) in [6, 6.07) is 21.0. The Kier molecular flexibility index (Phi) is 8.54. The number of ether oxygens (including phenoxy) is 2. The van der Waals surface area contributed by atoms with Gasteiger partial charge in [-0.2, -0.15) is 5.26 Å². The average Bonchev–Trinajstić information content (AvgIpc) is 2.82. The summed E-state index contributed by atoms with van der Waals surface area (Å²) in [5.41, 5.74) is 2.03. The Hall–Kier alpha value is -3.72. The number of nitrogens with zero attached hydrogens (tertiary/aromatic N) is 1. The highest BCUT2D eigenvalue weighted by atomic mass is 35.5. The molecule has 5 nitrogen and oxygen atoms in total. The first-order valence-corrected chi connectivity index (χ1v) is 10.7. The van der Waals surface area contributed by atoms with Crippen molar-refractivity contribution in [1.82, 2.24) is 0 Å². The zero-order valence-electron chi connectivity index (χ0n) is 17.6. The highest BCUT2D eigenvalue weighted by Crippen LogP contribution is 2.23. The van der Waals surface area contributed by atoms with E-state index in [0.717, 1.165) is 5.56 Å². The molecule has 0 saturated carbocycles. The van der Waals surface area contributed by atoms with Gasteiger partial charge in [0.05, 0.1) is 0 Å². The largest absolute Gasteiger partial charge is 0.490 e. The fourth-order valence-corrected chi connectivity index (χ4v) is 3.23. The zero-order valence-corrected chi connectivity index (χ0v) is 19.1. The van der Waals surface area contributed by atoms with E-state index in [1.807, 2.05) is 6.07 Å². The van der Waals surface area contributed by atoms with Gasteiger partial charge in [0.2, 0.25) is 0 Å². The molecule has 0 radical (unpaired) electrons. The lowest BCUT2D eigenvalue weighted by molar-refractivity contribution is -0.112. The summed E-state index contributed by atoms with van der Waals surface area (Å²) in [6.07, 6.45) is 3.17. The van der Waals surface area contributed by atoms with Crippen LogP contribution in [0, 0.1) is 11.3 Å². The van der Waals surface area contributed by atoms with Crippen LogP contribution in [0.4, 0.5) is 5.69 Å². The summed E-state index contributed by atoms with van der Waals surface area (Å²) >= 11 is 12.1. The number of benzene rings is 3. The molecule has 0 saturated heterocycles. The lowest BCUT2D eigenvalue weighted by Gasteiger charge is -2.09. The SMILES string of the molecule is C=CCOc1ccc(/C=C(\C#N)C(=O)Nc2ccc(OCc3ccc(Cl)cc3Cl)cc2)cc1. The first kappa shape index (κ1) is 23.9. The molecule has 0 atom stereocenters. The smallest absolute Gasteiger partial charge is 0.266 e. The van der Waals surface area contributed by atoms with Gasteiger partial charge in [-0.15, -0.1) is 0 Å². The fraction of sp³-hybridized carbons (Fsp3) is 0.0769. The van der Waals surface area contributed by atoms with Gasteiger partial charge in [-0.1, -0.05) is 54.1 Å². The molecule has 7 heteroatoms. The van der Waals surface area contributed by atoms with Gasteiger partial charge in [-0.25, -0.2) is 0 Å². The second kappa shape index (κ2) is 11.8. The highest BCUT2D eigenvalue weighted by Gasteiger charge is 2.10. The van der Waals surface area contributed by atoms with Crippen LogP contribution in [0.5, 0.6) is 11.5 Å². The van der Waals surface area contributed by atoms with Crippen LogP contribution in [-0.2, 0) is 11.4 Å². The minimum atomic E-state index is -0.508. The standard InChI is InChI=1S/C26H20Cl2N2O3/c1-2-13-32-23-9-3-18(4-10-23)14-20(16-29)26(31)30-22-7-11-24(12-8-22)33-17-19-5-6-21(27)15-25(19)28/h2-12,14-15H,1,13,17H2,(H,30,31)/b20-14+. The molecule has 0 unspecified atom stereocenters. The van der Waals surface area contributed by atoms with Crippen LogP contribution in [0.15, 0.2) is 85.0 Å². The molecular formula is C26H20Cl2N2O3. The molecule has 3 aromatic rings. The van der Waals surface area contributed by atoms with Crippen LogP contribution in [0.1, 0.15) is 11.1 Å². The quantitative estimate of drug-likeness (QED) is 0.211. The Morgan fingerprint density at radius 1 is 1.00 bits per heavy atom. The summed E-state index contributed by atoms with van der Waals surface area (Å²) in [7, 11) is 0. The molecule has 33 heavy (non-hydrogen) atoms. The molecule has 0 aliphatic carbocycles. The van der Waals surface area contributed by atoms with Crippen molar-refractivity contribution in [3.05, 3.63) is 106 Å². The number of nitriles is 1. The number of amides is 1. The predicted octanol–water partition coefficient (Wildman–Crippen LogP) is 6.68. The molecule has 0 aliphatic rings. The van der Waals surface area contributed by atoms with Crippen molar-refractivity contribution >= 4 is 40.9 Å². The summed E-state index contributed by atoms with van der Waals surface area (Å²) in [4.78, 5) is 12.5. The summed E-state index contributed by atoms with van der Waals surface area (Å²) in [5, 5.41) is 13.2. The van der Waals surface area contributed by atoms with Crippen molar-refractivity contribution in [2.24, 2.45) is 0 Å². The number of rotatable bonds is 9. The van der Waals surface area contributed by atoms with Gasteiger partial charge in [-0.3, -0.25) is 4.79 Å². The average molecular weight is 479 g/mol. The predicted molar refractivity (Wildman–Crippen MR) is 132 cm³/mol. The van der Waals surface area contributed by atoms with E-state index in [4.69, 9.17) is 32.7 Å². The number of hydrogen-bond donors (Lipinski definition) is 1. The lowest BCUT2D eigenvalue weighted by Crippen LogP contribution is -2.13. The number of halogens is 2. The number of carbonyl (C=O) groups excluding carboxylic acids is 1. The topological polar surface area (TPSA) is 71.3 Å². The van der Waals surface area contributed by atoms with Crippen LogP contribution in [0.25, 0.3) is 6.08 Å². The maximum Gasteiger partial charge on any atom is 0.266 e. The van der Waals surface area contributed by atoms with Crippen molar-refractivity contribution in [3.63, 3.8) is 0 Å². The van der Waals surface area contributed by atoms with Gasteiger partial charge in [0.1, 0.15) is 36.4 Å². The van der Waals surface area contributed by atoms with Crippen molar-refractivity contribution in [3.8, 4) is 17.6 Å². The normalized spacial score (nSPS) is 10.8. The van der Waals surface area contributed by atoms with E-state index in [1.54, 1.807) is 72.8 Å². The number of carbonyl (C=O) groups is 1. The van der Waals surface area contributed by atoms with E-state index in [1.165, 1.54) is 6.08 Å². The lowest BCUT2D eigenvalue weighted by atomic mass is 10.1. The third-order valence-corrected chi connectivity index (χ3v) is 5.03. The van der Waals surface area contributed by atoms with Crippen molar-refractivity contribution in [1.29, 1.82) is 5.26 Å². The molecule has 0 aromatic heterocycles. The molecule has 0 heterocycles. The summed E-state index contributed by atoms with van der Waals surface area (Å²) < 4.78 is 11.2. The third-order valence-electron chi connectivity index (χ3n) is 4.45. The van der Waals surface area contributed by atoms with E-state index >= 15 is 0 Å². The van der Waals surface area contributed by atoms with Gasteiger partial charge >= 0.3 is 0 Å². The number of nitrogens with one attached hydrogen (secondary N) is 1. The minimum Gasteiger partial charge on any atom is -0.490 e. The summed E-state index contributed by atoms with van der Waals surface area (Å²) in [6.45, 7) is 4.28. The Labute approximate surface area is 202 Å². The first-order valence-electron chi connectivity index (χ1n) is 9.92. The molecule has 3 rings (SSSR count). The highest BCUT2D eigenvalue weighted by molar-refractivity contribution is 6.35. The van der Waals surface area contributed by atoms with Gasteiger partial charge in [0, 0.05) is 21.3 Å². The Morgan fingerprint density at radius 2 is 1.67 bits per heavy atom. The van der Waals surface area contributed by atoms with Gasteiger partial charge in [-0.05, 0) is 60.2 Å². The number of anilines is 1. The molecule has 1 N–H and O–H groups in total. The fourth-order valence-electron chi connectivity index (χ4n) is 2.76. The van der Waals surface area contributed by atoms with E-state index < -0.39 is 5.91 Å². The van der Waals surface area contributed by atoms with Crippen molar-refractivity contribution in [2.75, 3.05) is 11.9 Å². The molecule has 0 fully saturated rings. The maximum atomic E-state index is 12.5. The van der Waals surface area contributed by atoms with Gasteiger partial charge < -0.3 is 14.8 Å². The van der Waals surface area contributed by atoms with E-state index in [-0.39, 0.29) is 12.2 Å². The first-order chi connectivity index (χ1) is 16.0. The van der Waals surface area contributed by atoms with Crippen molar-refractivity contribution in [2.45, 2.75) is 6.61 Å². The molecule has 0 aliphatic heterocycles. The Morgan fingerprint density at radius 3 is 2.30 bits per heavy atom. The van der Waals surface area contributed by atoms with E-state index in [0.29, 0.717) is 39.4 Å². The van der Waals surface area contributed by atoms with E-state index in [2.05, 4.69) is 11.9 Å². The monoisotopic (exact) mass is 478 g/mol. The van der Waals surface area contributed by atoms with E-state index in [9.17, 15) is 10.1 Å². The second-order valence-corrected chi connectivity index (χ2v) is 7.69. The number of hydrogen-bond acceptors (Lipinski definition) is 4.